The Morgan fingerprint density at radius 3 is 2.61 bits per heavy atom. The van der Waals surface area contributed by atoms with Crippen molar-refractivity contribution in [2.24, 2.45) is 0 Å². The van der Waals surface area contributed by atoms with E-state index in [-0.39, 0.29) is 17.1 Å². The summed E-state index contributed by atoms with van der Waals surface area (Å²) in [6, 6.07) is 9.58. The second-order valence-electron chi connectivity index (χ2n) is 5.89. The monoisotopic (exact) mass is 316 g/mol. The third-order valence-corrected chi connectivity index (χ3v) is 3.61. The number of carbonyl (C=O) groups is 1. The lowest BCUT2D eigenvalue weighted by Crippen LogP contribution is -2.36. The SMILES string of the molecule is CCOc1cc(C(=O)NCC(C)(C)c2ccc(F)cc2)ccn1. The zero-order valence-electron chi connectivity index (χ0n) is 13.6. The number of amides is 1. The Hall–Kier alpha value is -2.43. The number of halogens is 1. The van der Waals surface area contributed by atoms with E-state index in [0.717, 1.165) is 5.56 Å². The Kier molecular flexibility index (Phi) is 5.32. The number of benzene rings is 1. The molecule has 0 saturated carbocycles. The predicted molar refractivity (Wildman–Crippen MR) is 87.2 cm³/mol. The van der Waals surface area contributed by atoms with Crippen molar-refractivity contribution < 1.29 is 13.9 Å². The van der Waals surface area contributed by atoms with Gasteiger partial charge < -0.3 is 10.1 Å². The van der Waals surface area contributed by atoms with Crippen LogP contribution in [0.4, 0.5) is 4.39 Å². The van der Waals surface area contributed by atoms with Crippen molar-refractivity contribution >= 4 is 5.91 Å². The van der Waals surface area contributed by atoms with E-state index in [2.05, 4.69) is 10.3 Å². The molecule has 0 saturated heterocycles. The van der Waals surface area contributed by atoms with Crippen LogP contribution < -0.4 is 10.1 Å². The molecule has 4 nitrogen and oxygen atoms in total. The molecule has 122 valence electrons. The molecule has 1 N–H and O–H groups in total. The summed E-state index contributed by atoms with van der Waals surface area (Å²) in [6.07, 6.45) is 1.55. The highest BCUT2D eigenvalue weighted by Crippen LogP contribution is 2.22. The minimum atomic E-state index is -0.306. The molecule has 5 heteroatoms. The van der Waals surface area contributed by atoms with E-state index in [1.165, 1.54) is 12.1 Å². The van der Waals surface area contributed by atoms with E-state index in [0.29, 0.717) is 24.6 Å². The maximum atomic E-state index is 13.0. The first-order chi connectivity index (χ1) is 10.9. The Labute approximate surface area is 135 Å². The number of nitrogens with zero attached hydrogens (tertiary/aromatic N) is 1. The molecule has 0 spiro atoms. The Balaban J connectivity index is 2.03. The Morgan fingerprint density at radius 1 is 1.26 bits per heavy atom. The average molecular weight is 316 g/mol. The molecular weight excluding hydrogens is 295 g/mol. The molecule has 2 aromatic rings. The molecule has 0 aliphatic carbocycles. The molecule has 1 heterocycles. The summed E-state index contributed by atoms with van der Waals surface area (Å²) in [5.41, 5.74) is 1.15. The molecule has 1 aromatic heterocycles. The fraction of sp³-hybridized carbons (Fsp3) is 0.333. The van der Waals surface area contributed by atoms with Crippen LogP contribution in [0.2, 0.25) is 0 Å². The maximum Gasteiger partial charge on any atom is 0.251 e. The van der Waals surface area contributed by atoms with Crippen LogP contribution in [0.3, 0.4) is 0 Å². The zero-order valence-corrected chi connectivity index (χ0v) is 13.6. The molecule has 2 rings (SSSR count). The first kappa shape index (κ1) is 16.9. The molecule has 0 atom stereocenters. The number of nitrogens with one attached hydrogen (secondary N) is 1. The summed E-state index contributed by atoms with van der Waals surface area (Å²) in [7, 11) is 0. The van der Waals surface area contributed by atoms with Gasteiger partial charge in [0.05, 0.1) is 6.61 Å². The third-order valence-electron chi connectivity index (χ3n) is 3.61. The van der Waals surface area contributed by atoms with Crippen LogP contribution in [0, 0.1) is 5.82 Å². The van der Waals surface area contributed by atoms with Crippen molar-refractivity contribution in [3.63, 3.8) is 0 Å². The lowest BCUT2D eigenvalue weighted by atomic mass is 9.84. The number of rotatable bonds is 6. The quantitative estimate of drug-likeness (QED) is 0.889. The standard InChI is InChI=1S/C18H21FN2O2/c1-4-23-16-11-13(9-10-20-16)17(22)21-12-18(2,3)14-5-7-15(19)8-6-14/h5-11H,4,12H2,1-3H3,(H,21,22). The zero-order chi connectivity index (χ0) is 16.9. The summed E-state index contributed by atoms with van der Waals surface area (Å²) in [5.74, 6) is -0.0321. The summed E-state index contributed by atoms with van der Waals surface area (Å²) >= 11 is 0. The number of hydrogen-bond acceptors (Lipinski definition) is 3. The minimum absolute atomic E-state index is 0.191. The number of carbonyl (C=O) groups excluding carboxylic acids is 1. The van der Waals surface area contributed by atoms with Crippen LogP contribution in [-0.2, 0) is 5.41 Å². The van der Waals surface area contributed by atoms with Gasteiger partial charge in [-0.05, 0) is 30.7 Å². The lowest BCUT2D eigenvalue weighted by molar-refractivity contribution is 0.0945. The number of hydrogen-bond donors (Lipinski definition) is 1. The second-order valence-corrected chi connectivity index (χ2v) is 5.89. The summed E-state index contributed by atoms with van der Waals surface area (Å²) in [6.45, 7) is 6.79. The molecule has 1 aromatic carbocycles. The largest absolute Gasteiger partial charge is 0.478 e. The molecule has 0 unspecified atom stereocenters. The molecule has 0 fully saturated rings. The Bertz CT molecular complexity index is 669. The summed E-state index contributed by atoms with van der Waals surface area (Å²) in [5, 5.41) is 2.91. The second kappa shape index (κ2) is 7.22. The Morgan fingerprint density at radius 2 is 1.96 bits per heavy atom. The summed E-state index contributed by atoms with van der Waals surface area (Å²) in [4.78, 5) is 16.3. The van der Waals surface area contributed by atoms with Crippen LogP contribution in [-0.4, -0.2) is 24.0 Å². The minimum Gasteiger partial charge on any atom is -0.478 e. The van der Waals surface area contributed by atoms with E-state index >= 15 is 0 Å². The van der Waals surface area contributed by atoms with Gasteiger partial charge in [0.1, 0.15) is 5.82 Å². The number of ether oxygens (including phenoxy) is 1. The van der Waals surface area contributed by atoms with Crippen LogP contribution in [0.5, 0.6) is 5.88 Å². The first-order valence-electron chi connectivity index (χ1n) is 7.55. The summed E-state index contributed by atoms with van der Waals surface area (Å²) < 4.78 is 18.3. The highest BCUT2D eigenvalue weighted by atomic mass is 19.1. The van der Waals surface area contributed by atoms with Gasteiger partial charge in [-0.3, -0.25) is 4.79 Å². The van der Waals surface area contributed by atoms with Crippen molar-refractivity contribution in [1.29, 1.82) is 0 Å². The normalized spacial score (nSPS) is 11.1. The van der Waals surface area contributed by atoms with Crippen molar-refractivity contribution in [3.05, 3.63) is 59.5 Å². The predicted octanol–water partition coefficient (Wildman–Crippen LogP) is 3.33. The van der Waals surface area contributed by atoms with Crippen molar-refractivity contribution in [1.82, 2.24) is 10.3 Å². The van der Waals surface area contributed by atoms with E-state index in [4.69, 9.17) is 4.74 Å². The van der Waals surface area contributed by atoms with Gasteiger partial charge in [-0.25, -0.2) is 9.37 Å². The fourth-order valence-corrected chi connectivity index (χ4v) is 2.18. The van der Waals surface area contributed by atoms with Gasteiger partial charge in [-0.1, -0.05) is 26.0 Å². The molecular formula is C18H21FN2O2. The topological polar surface area (TPSA) is 51.2 Å². The van der Waals surface area contributed by atoms with Crippen molar-refractivity contribution in [2.45, 2.75) is 26.2 Å². The van der Waals surface area contributed by atoms with Gasteiger partial charge >= 0.3 is 0 Å². The highest BCUT2D eigenvalue weighted by molar-refractivity contribution is 5.94. The van der Waals surface area contributed by atoms with Gasteiger partial charge in [0.2, 0.25) is 5.88 Å². The molecule has 0 aliphatic rings. The van der Waals surface area contributed by atoms with E-state index in [9.17, 15) is 9.18 Å². The molecule has 23 heavy (non-hydrogen) atoms. The van der Waals surface area contributed by atoms with Crippen LogP contribution >= 0.6 is 0 Å². The van der Waals surface area contributed by atoms with Gasteiger partial charge in [0, 0.05) is 29.8 Å². The van der Waals surface area contributed by atoms with Gasteiger partial charge in [-0.15, -0.1) is 0 Å². The molecule has 0 aliphatic heterocycles. The molecule has 0 bridgehead atoms. The first-order valence-corrected chi connectivity index (χ1v) is 7.55. The van der Waals surface area contributed by atoms with E-state index in [1.54, 1.807) is 30.5 Å². The van der Waals surface area contributed by atoms with Gasteiger partial charge in [-0.2, -0.15) is 0 Å². The lowest BCUT2D eigenvalue weighted by Gasteiger charge is -2.25. The molecule has 1 amide bonds. The van der Waals surface area contributed by atoms with Crippen LogP contribution in [0.15, 0.2) is 42.6 Å². The van der Waals surface area contributed by atoms with Gasteiger partial charge in [0.25, 0.3) is 5.91 Å². The van der Waals surface area contributed by atoms with Crippen LogP contribution in [0.1, 0.15) is 36.7 Å². The van der Waals surface area contributed by atoms with Crippen molar-refractivity contribution in [2.75, 3.05) is 13.2 Å². The number of aromatic nitrogens is 1. The highest BCUT2D eigenvalue weighted by Gasteiger charge is 2.22. The fourth-order valence-electron chi connectivity index (χ4n) is 2.18. The van der Waals surface area contributed by atoms with E-state index in [1.807, 2.05) is 20.8 Å². The number of pyridine rings is 1. The third kappa shape index (κ3) is 4.52. The van der Waals surface area contributed by atoms with Crippen LogP contribution in [0.25, 0.3) is 0 Å². The average Bonchev–Trinajstić information content (AvgIpc) is 2.54. The smallest absolute Gasteiger partial charge is 0.251 e. The van der Waals surface area contributed by atoms with Gasteiger partial charge in [0.15, 0.2) is 0 Å². The van der Waals surface area contributed by atoms with Crippen molar-refractivity contribution in [3.8, 4) is 5.88 Å². The van der Waals surface area contributed by atoms with E-state index < -0.39 is 0 Å². The maximum absolute atomic E-state index is 13.0. The molecule has 0 radical (unpaired) electrons.